The van der Waals surface area contributed by atoms with Crippen molar-refractivity contribution in [2.24, 2.45) is 16.8 Å². The molecule has 28 heavy (non-hydrogen) atoms. The van der Waals surface area contributed by atoms with E-state index in [1.165, 1.54) is 18.2 Å². The van der Waals surface area contributed by atoms with Crippen LogP contribution >= 0.6 is 11.8 Å². The molecule has 0 aromatic heterocycles. The summed E-state index contributed by atoms with van der Waals surface area (Å²) in [5.74, 6) is 0.974. The van der Waals surface area contributed by atoms with Crippen LogP contribution < -0.4 is 0 Å². The minimum Gasteiger partial charge on any atom is -0.338 e. The second-order valence-electron chi connectivity index (χ2n) is 7.91. The average Bonchev–Trinajstić information content (AvgIpc) is 2.68. The van der Waals surface area contributed by atoms with Gasteiger partial charge in [-0.15, -0.1) is 11.8 Å². The smallest absolute Gasteiger partial charge is 0.283 e. The maximum Gasteiger partial charge on any atom is 0.283 e. The van der Waals surface area contributed by atoms with Gasteiger partial charge in [0.2, 0.25) is 0 Å². The molecule has 0 spiro atoms. The molecule has 2 amide bonds. The molecule has 144 valence electrons. The van der Waals surface area contributed by atoms with E-state index in [-0.39, 0.29) is 17.1 Å². The second-order valence-corrected chi connectivity index (χ2v) is 9.09. The third kappa shape index (κ3) is 4.04. The summed E-state index contributed by atoms with van der Waals surface area (Å²) < 4.78 is 0. The Balaban J connectivity index is 1.49. The van der Waals surface area contributed by atoms with Crippen molar-refractivity contribution in [3.8, 4) is 0 Å². The molecular formula is C23H24N2O2S. The lowest BCUT2D eigenvalue weighted by Crippen LogP contribution is -2.42. The van der Waals surface area contributed by atoms with Gasteiger partial charge in [-0.25, -0.2) is 4.99 Å². The summed E-state index contributed by atoms with van der Waals surface area (Å²) in [6, 6.07) is 7.52. The monoisotopic (exact) mass is 392 g/mol. The van der Waals surface area contributed by atoms with Crippen molar-refractivity contribution in [2.45, 2.75) is 25.5 Å². The molecule has 4 nitrogen and oxygen atoms in total. The minimum absolute atomic E-state index is 0.0918. The van der Waals surface area contributed by atoms with E-state index in [4.69, 9.17) is 0 Å². The van der Waals surface area contributed by atoms with E-state index in [9.17, 15) is 9.59 Å². The average molecular weight is 393 g/mol. The lowest BCUT2D eigenvalue weighted by molar-refractivity contribution is -0.113. The van der Waals surface area contributed by atoms with Crippen molar-refractivity contribution in [1.29, 1.82) is 0 Å². The molecule has 3 aliphatic rings. The van der Waals surface area contributed by atoms with Crippen LogP contribution in [0.15, 0.2) is 58.5 Å². The summed E-state index contributed by atoms with van der Waals surface area (Å²) in [7, 11) is 0. The number of benzene rings is 1. The Morgan fingerprint density at radius 1 is 1.14 bits per heavy atom. The lowest BCUT2D eigenvalue weighted by atomic mass is 9.91. The summed E-state index contributed by atoms with van der Waals surface area (Å²) >= 11 is 1.52. The minimum atomic E-state index is -0.201. The van der Waals surface area contributed by atoms with Crippen LogP contribution in [0.5, 0.6) is 0 Å². The Bertz CT molecular complexity index is 901. The highest BCUT2D eigenvalue weighted by Crippen LogP contribution is 2.33. The Morgan fingerprint density at radius 2 is 1.86 bits per heavy atom. The van der Waals surface area contributed by atoms with Crippen molar-refractivity contribution in [1.82, 2.24) is 4.90 Å². The molecule has 1 saturated heterocycles. The first-order valence-electron chi connectivity index (χ1n) is 9.75. The number of nitrogens with zero attached hydrogens (tertiary/aromatic N) is 2. The van der Waals surface area contributed by atoms with Crippen molar-refractivity contribution < 1.29 is 9.59 Å². The van der Waals surface area contributed by atoms with Gasteiger partial charge in [-0.1, -0.05) is 44.2 Å². The van der Waals surface area contributed by atoms with Crippen LogP contribution in [0.3, 0.4) is 0 Å². The summed E-state index contributed by atoms with van der Waals surface area (Å²) in [5.41, 5.74) is 2.41. The standard InChI is InChI=1S/C23H24N2O2S/c1-15-11-16(2)14-25(13-15)23(27)18-9-7-17(8-10-18)12-21-22(26)24-19-5-3-4-6-20(19)28-21/h3-10,12,15-16,20H,11,13-14H2,1-2H3/b21-12+. The number of hydrogen-bond acceptors (Lipinski definition) is 3. The van der Waals surface area contributed by atoms with Gasteiger partial charge in [-0.2, -0.15) is 0 Å². The molecule has 1 fully saturated rings. The van der Waals surface area contributed by atoms with Gasteiger partial charge in [0.15, 0.2) is 0 Å². The van der Waals surface area contributed by atoms with Crippen LogP contribution in [0.2, 0.25) is 0 Å². The van der Waals surface area contributed by atoms with E-state index in [1.54, 1.807) is 0 Å². The van der Waals surface area contributed by atoms with Crippen LogP contribution in [0.25, 0.3) is 6.08 Å². The number of thioether (sulfide) groups is 1. The fraction of sp³-hybridized carbons (Fsp3) is 0.348. The van der Waals surface area contributed by atoms with Gasteiger partial charge in [0.1, 0.15) is 0 Å². The van der Waals surface area contributed by atoms with Gasteiger partial charge in [0, 0.05) is 18.7 Å². The second kappa shape index (κ2) is 7.92. The van der Waals surface area contributed by atoms with E-state index < -0.39 is 0 Å². The Labute approximate surface area is 170 Å². The van der Waals surface area contributed by atoms with E-state index >= 15 is 0 Å². The van der Waals surface area contributed by atoms with Gasteiger partial charge in [0.25, 0.3) is 11.8 Å². The first-order chi connectivity index (χ1) is 13.5. The number of piperidine rings is 1. The number of hydrogen-bond donors (Lipinski definition) is 0. The topological polar surface area (TPSA) is 49.7 Å². The number of carbonyl (C=O) groups is 2. The fourth-order valence-electron chi connectivity index (χ4n) is 4.05. The number of likely N-dealkylation sites (tertiary alicyclic amines) is 1. The van der Waals surface area contributed by atoms with E-state index in [1.807, 2.05) is 59.5 Å². The molecule has 0 saturated carbocycles. The predicted molar refractivity (Wildman–Crippen MR) is 115 cm³/mol. The van der Waals surface area contributed by atoms with Crippen LogP contribution in [0.1, 0.15) is 36.2 Å². The quantitative estimate of drug-likeness (QED) is 0.703. The van der Waals surface area contributed by atoms with Crippen molar-refractivity contribution in [2.75, 3.05) is 13.1 Å². The first kappa shape index (κ1) is 18.9. The van der Waals surface area contributed by atoms with Crippen LogP contribution in [-0.4, -0.2) is 40.8 Å². The largest absolute Gasteiger partial charge is 0.338 e. The number of aliphatic imine (C=N–C) groups is 1. The number of carbonyl (C=O) groups excluding carboxylic acids is 2. The maximum atomic E-state index is 12.8. The molecule has 4 rings (SSSR count). The van der Waals surface area contributed by atoms with Crippen molar-refractivity contribution >= 4 is 35.4 Å². The molecule has 3 unspecified atom stereocenters. The molecule has 5 heteroatoms. The zero-order valence-corrected chi connectivity index (χ0v) is 17.0. The highest BCUT2D eigenvalue weighted by molar-refractivity contribution is 8.05. The van der Waals surface area contributed by atoms with E-state index in [0.717, 1.165) is 24.4 Å². The van der Waals surface area contributed by atoms with Crippen LogP contribution in [-0.2, 0) is 4.79 Å². The number of allylic oxidation sites excluding steroid dienone is 3. The van der Waals surface area contributed by atoms with E-state index in [0.29, 0.717) is 22.3 Å². The fourth-order valence-corrected chi connectivity index (χ4v) is 5.10. The molecule has 0 radical (unpaired) electrons. The van der Waals surface area contributed by atoms with E-state index in [2.05, 4.69) is 18.8 Å². The number of amides is 2. The predicted octanol–water partition coefficient (Wildman–Crippen LogP) is 4.35. The van der Waals surface area contributed by atoms with Crippen molar-refractivity contribution in [3.63, 3.8) is 0 Å². The zero-order chi connectivity index (χ0) is 19.7. The van der Waals surface area contributed by atoms with Crippen LogP contribution in [0.4, 0.5) is 0 Å². The SMILES string of the molecule is CC1CC(C)CN(C(=O)c2ccc(/C=C3/SC4C=CC=CC4=NC3=O)cc2)C1. The summed E-state index contributed by atoms with van der Waals surface area (Å²) in [5, 5.41) is 0.0953. The molecule has 2 heterocycles. The summed E-state index contributed by atoms with van der Waals surface area (Å²) in [6.07, 6.45) is 10.8. The molecule has 3 atom stereocenters. The highest BCUT2D eigenvalue weighted by Gasteiger charge is 2.27. The highest BCUT2D eigenvalue weighted by atomic mass is 32.2. The van der Waals surface area contributed by atoms with Gasteiger partial charge in [-0.05, 0) is 48.1 Å². The van der Waals surface area contributed by atoms with Crippen molar-refractivity contribution in [3.05, 3.63) is 64.6 Å². The van der Waals surface area contributed by atoms with Gasteiger partial charge < -0.3 is 4.90 Å². The molecule has 2 aliphatic heterocycles. The maximum absolute atomic E-state index is 12.8. The zero-order valence-electron chi connectivity index (χ0n) is 16.2. The van der Waals surface area contributed by atoms with Crippen LogP contribution in [0, 0.1) is 11.8 Å². The Hall–Kier alpha value is -2.40. The first-order valence-corrected chi connectivity index (χ1v) is 10.6. The third-order valence-corrected chi connectivity index (χ3v) is 6.46. The van der Waals surface area contributed by atoms with Gasteiger partial charge in [0.05, 0.1) is 15.9 Å². The number of rotatable bonds is 2. The molecular weight excluding hydrogens is 368 g/mol. The molecule has 0 N–H and O–H groups in total. The lowest BCUT2D eigenvalue weighted by Gasteiger charge is -2.35. The molecule has 1 aromatic carbocycles. The molecule has 1 aliphatic carbocycles. The van der Waals surface area contributed by atoms with Gasteiger partial charge in [-0.3, -0.25) is 9.59 Å². The number of fused-ring (bicyclic) bond motifs is 1. The van der Waals surface area contributed by atoms with Gasteiger partial charge >= 0.3 is 0 Å². The molecule has 0 bridgehead atoms. The summed E-state index contributed by atoms with van der Waals surface area (Å²) in [4.78, 5) is 31.9. The Kier molecular flexibility index (Phi) is 5.36. The normalized spacial score (nSPS) is 28.3. The third-order valence-electron chi connectivity index (χ3n) is 5.26. The molecule has 1 aromatic rings. The Morgan fingerprint density at radius 3 is 2.57 bits per heavy atom. The summed E-state index contributed by atoms with van der Waals surface area (Å²) in [6.45, 7) is 6.05.